The van der Waals surface area contributed by atoms with Crippen LogP contribution in [-0.2, 0) is 0 Å². The zero-order valence-electron chi connectivity index (χ0n) is 21.8. The summed E-state index contributed by atoms with van der Waals surface area (Å²) in [7, 11) is 0. The quantitative estimate of drug-likeness (QED) is 0.452. The Labute approximate surface area is 197 Å². The fourth-order valence-electron chi connectivity index (χ4n) is 11.5. The van der Waals surface area contributed by atoms with Gasteiger partial charge in [0.15, 0.2) is 0 Å². The van der Waals surface area contributed by atoms with Crippen molar-refractivity contribution in [2.45, 2.75) is 112 Å². The lowest BCUT2D eigenvalue weighted by Gasteiger charge is -2.73. The molecule has 182 valence electrons. The molecule has 0 saturated heterocycles. The van der Waals surface area contributed by atoms with Gasteiger partial charge in [0, 0.05) is 6.61 Å². The molecule has 2 N–H and O–H groups in total. The molecule has 5 fully saturated rings. The zero-order valence-corrected chi connectivity index (χ0v) is 21.8. The highest BCUT2D eigenvalue weighted by Crippen LogP contribution is 2.77. The highest BCUT2D eigenvalue weighted by molar-refractivity contribution is 5.21. The largest absolute Gasteiger partial charge is 0.396 e. The van der Waals surface area contributed by atoms with Crippen LogP contribution in [0.5, 0.6) is 0 Å². The Kier molecular flexibility index (Phi) is 5.19. The maximum Gasteiger partial charge on any atom is 0.0594 e. The molecule has 10 atom stereocenters. The van der Waals surface area contributed by atoms with Crippen molar-refractivity contribution < 1.29 is 10.2 Å². The zero-order chi connectivity index (χ0) is 23.3. The van der Waals surface area contributed by atoms with Gasteiger partial charge in [0.05, 0.1) is 6.10 Å². The number of allylic oxidation sites excluding steroid dienone is 1. The predicted molar refractivity (Wildman–Crippen MR) is 132 cm³/mol. The van der Waals surface area contributed by atoms with Crippen LogP contribution in [0.15, 0.2) is 12.2 Å². The number of hydrogen-bond donors (Lipinski definition) is 2. The van der Waals surface area contributed by atoms with Crippen LogP contribution in [0, 0.1) is 56.7 Å². The SMILES string of the molecule is C=C(C)C1CC[C@]2(CO)CC[C@]3(C)C(CCC4[C@@]5(C)CC[C@H](O)C(C)(C)C5CC[C@]43C)C12. The van der Waals surface area contributed by atoms with Crippen LogP contribution in [0.4, 0.5) is 0 Å². The van der Waals surface area contributed by atoms with Crippen LogP contribution in [0.1, 0.15) is 106 Å². The first-order valence-corrected chi connectivity index (χ1v) is 13.8. The van der Waals surface area contributed by atoms with Gasteiger partial charge in [-0.1, -0.05) is 46.8 Å². The summed E-state index contributed by atoms with van der Waals surface area (Å²) < 4.78 is 0. The van der Waals surface area contributed by atoms with E-state index in [-0.39, 0.29) is 16.9 Å². The second-order valence-electron chi connectivity index (χ2n) is 14.6. The molecule has 0 aromatic rings. The van der Waals surface area contributed by atoms with E-state index in [4.69, 9.17) is 0 Å². The Morgan fingerprint density at radius 2 is 1.53 bits per heavy atom. The number of aliphatic hydroxyl groups is 2. The summed E-state index contributed by atoms with van der Waals surface area (Å²) in [4.78, 5) is 0. The first kappa shape index (κ1) is 23.4. The van der Waals surface area contributed by atoms with E-state index < -0.39 is 0 Å². The molecule has 0 heterocycles. The van der Waals surface area contributed by atoms with Crippen LogP contribution in [0.25, 0.3) is 0 Å². The van der Waals surface area contributed by atoms with E-state index in [1.54, 1.807) is 0 Å². The van der Waals surface area contributed by atoms with E-state index in [2.05, 4.69) is 48.1 Å². The van der Waals surface area contributed by atoms with Crippen molar-refractivity contribution in [2.24, 2.45) is 56.7 Å². The molecule has 0 spiro atoms. The van der Waals surface area contributed by atoms with Gasteiger partial charge in [-0.3, -0.25) is 0 Å². The molecule has 0 radical (unpaired) electrons. The summed E-state index contributed by atoms with van der Waals surface area (Å²) in [6.07, 6.45) is 12.2. The Hall–Kier alpha value is -0.340. The monoisotopic (exact) mass is 442 g/mol. The van der Waals surface area contributed by atoms with Crippen LogP contribution >= 0.6 is 0 Å². The smallest absolute Gasteiger partial charge is 0.0594 e. The maximum absolute atomic E-state index is 10.9. The molecule has 0 aliphatic heterocycles. The van der Waals surface area contributed by atoms with Gasteiger partial charge in [0.25, 0.3) is 0 Å². The summed E-state index contributed by atoms with van der Waals surface area (Å²) in [5.41, 5.74) is 2.60. The van der Waals surface area contributed by atoms with Crippen molar-refractivity contribution in [3.05, 3.63) is 12.2 Å². The molecular weight excluding hydrogens is 392 g/mol. The van der Waals surface area contributed by atoms with Gasteiger partial charge in [-0.2, -0.15) is 0 Å². The first-order chi connectivity index (χ1) is 14.9. The molecule has 0 aromatic carbocycles. The molecule has 5 saturated carbocycles. The highest BCUT2D eigenvalue weighted by atomic mass is 16.3. The molecule has 2 nitrogen and oxygen atoms in total. The van der Waals surface area contributed by atoms with Crippen molar-refractivity contribution >= 4 is 0 Å². The van der Waals surface area contributed by atoms with Gasteiger partial charge in [-0.05, 0) is 128 Å². The summed E-state index contributed by atoms with van der Waals surface area (Å²) in [6.45, 7) is 19.7. The Bertz CT molecular complexity index is 786. The normalized spacial score (nSPS) is 56.5. The Morgan fingerprint density at radius 3 is 2.19 bits per heavy atom. The first-order valence-electron chi connectivity index (χ1n) is 13.8. The highest BCUT2D eigenvalue weighted by Gasteiger charge is 2.70. The van der Waals surface area contributed by atoms with E-state index in [1.807, 2.05) is 0 Å². The van der Waals surface area contributed by atoms with Gasteiger partial charge in [0.2, 0.25) is 0 Å². The van der Waals surface area contributed by atoms with Crippen molar-refractivity contribution in [2.75, 3.05) is 6.61 Å². The lowest BCUT2D eigenvalue weighted by atomic mass is 9.32. The van der Waals surface area contributed by atoms with Crippen molar-refractivity contribution in [1.82, 2.24) is 0 Å². The molecule has 2 heteroatoms. The third-order valence-electron chi connectivity index (χ3n) is 13.5. The molecule has 0 aromatic heterocycles. The topological polar surface area (TPSA) is 40.5 Å². The second kappa shape index (κ2) is 7.09. The fourth-order valence-corrected chi connectivity index (χ4v) is 11.5. The van der Waals surface area contributed by atoms with E-state index in [9.17, 15) is 10.2 Å². The molecule has 5 aliphatic rings. The molecule has 32 heavy (non-hydrogen) atoms. The van der Waals surface area contributed by atoms with E-state index in [0.29, 0.717) is 40.6 Å². The van der Waals surface area contributed by atoms with Crippen LogP contribution in [0.2, 0.25) is 0 Å². The van der Waals surface area contributed by atoms with Crippen LogP contribution in [-0.4, -0.2) is 22.9 Å². The minimum absolute atomic E-state index is 0.0290. The van der Waals surface area contributed by atoms with E-state index >= 15 is 0 Å². The van der Waals surface area contributed by atoms with Gasteiger partial charge < -0.3 is 10.2 Å². The average Bonchev–Trinajstić information content (AvgIpc) is 3.12. The summed E-state index contributed by atoms with van der Waals surface area (Å²) in [5.74, 6) is 3.33. The molecule has 0 bridgehead atoms. The average molecular weight is 443 g/mol. The molecular formula is C30H50O2. The molecule has 5 rings (SSSR count). The summed E-state index contributed by atoms with van der Waals surface area (Å²) in [5, 5.41) is 21.5. The minimum atomic E-state index is -0.147. The maximum atomic E-state index is 10.9. The third-order valence-corrected chi connectivity index (χ3v) is 13.5. The van der Waals surface area contributed by atoms with Crippen molar-refractivity contribution in [3.63, 3.8) is 0 Å². The van der Waals surface area contributed by atoms with E-state index in [1.165, 1.54) is 63.4 Å². The Balaban J connectivity index is 1.55. The number of fused-ring (bicyclic) bond motifs is 7. The van der Waals surface area contributed by atoms with Crippen LogP contribution < -0.4 is 0 Å². The van der Waals surface area contributed by atoms with Crippen molar-refractivity contribution in [1.29, 1.82) is 0 Å². The standard InChI is InChI=1S/C30H50O2/c1-19(2)20-10-15-30(18-31)17-16-28(6)21(25(20)30)8-9-23-27(5)13-12-24(32)26(3,4)22(27)11-14-29(23,28)7/h20-25,31-32H,1,8-18H2,2-7H3/t20?,21?,22?,23?,24-,25?,27-,28+,29+,30+/m0/s1. The number of aliphatic hydroxyl groups excluding tert-OH is 2. The third kappa shape index (κ3) is 2.66. The molecule has 5 unspecified atom stereocenters. The van der Waals surface area contributed by atoms with Gasteiger partial charge in [-0.25, -0.2) is 0 Å². The minimum Gasteiger partial charge on any atom is -0.396 e. The fraction of sp³-hybridized carbons (Fsp3) is 0.933. The number of hydrogen-bond acceptors (Lipinski definition) is 2. The Morgan fingerprint density at radius 1 is 0.812 bits per heavy atom. The lowest BCUT2D eigenvalue weighted by Crippen LogP contribution is -2.66. The second-order valence-corrected chi connectivity index (χ2v) is 14.6. The van der Waals surface area contributed by atoms with Gasteiger partial charge in [0.1, 0.15) is 0 Å². The summed E-state index contributed by atoms with van der Waals surface area (Å²) >= 11 is 0. The van der Waals surface area contributed by atoms with Crippen LogP contribution in [0.3, 0.4) is 0 Å². The van der Waals surface area contributed by atoms with Gasteiger partial charge in [-0.15, -0.1) is 0 Å². The molecule has 5 aliphatic carbocycles. The van der Waals surface area contributed by atoms with Crippen molar-refractivity contribution in [3.8, 4) is 0 Å². The predicted octanol–water partition coefficient (Wildman–Crippen LogP) is 7.00. The lowest BCUT2D eigenvalue weighted by molar-refractivity contribution is -0.249. The number of rotatable bonds is 2. The molecule has 0 amide bonds. The van der Waals surface area contributed by atoms with Gasteiger partial charge >= 0.3 is 0 Å². The summed E-state index contributed by atoms with van der Waals surface area (Å²) in [6, 6.07) is 0. The van der Waals surface area contributed by atoms with E-state index in [0.717, 1.165) is 18.3 Å².